The average molecular weight is 305 g/mol. The van der Waals surface area contributed by atoms with Crippen molar-refractivity contribution in [3.8, 4) is 5.75 Å². The monoisotopic (exact) mass is 305 g/mol. The van der Waals surface area contributed by atoms with E-state index in [1.54, 1.807) is 19.2 Å². The molecule has 0 aliphatic heterocycles. The summed E-state index contributed by atoms with van der Waals surface area (Å²) < 4.78 is 46.2. The van der Waals surface area contributed by atoms with Crippen LogP contribution in [0.2, 0.25) is 0 Å². The fourth-order valence-electron chi connectivity index (χ4n) is 2.06. The van der Waals surface area contributed by atoms with Crippen LogP contribution in [0, 0.1) is 0 Å². The van der Waals surface area contributed by atoms with E-state index in [0.29, 0.717) is 13.0 Å². The maximum Gasteiger partial charge on any atom is 0.573 e. The molecule has 0 fully saturated rings. The Labute approximate surface area is 123 Å². The molecule has 1 unspecified atom stereocenters. The van der Waals surface area contributed by atoms with Crippen LogP contribution in [0.1, 0.15) is 38.8 Å². The van der Waals surface area contributed by atoms with Crippen molar-refractivity contribution in [3.05, 3.63) is 29.8 Å². The number of ether oxygens (including phenoxy) is 2. The number of nitrogens with one attached hydrogen (secondary N) is 1. The van der Waals surface area contributed by atoms with Crippen LogP contribution in [-0.2, 0) is 4.74 Å². The predicted molar refractivity (Wildman–Crippen MR) is 75.2 cm³/mol. The van der Waals surface area contributed by atoms with Gasteiger partial charge in [-0.15, -0.1) is 13.2 Å². The molecule has 0 aliphatic carbocycles. The van der Waals surface area contributed by atoms with Crippen molar-refractivity contribution in [3.63, 3.8) is 0 Å². The van der Waals surface area contributed by atoms with Crippen molar-refractivity contribution >= 4 is 0 Å². The third-order valence-corrected chi connectivity index (χ3v) is 3.19. The molecule has 0 spiro atoms. The lowest BCUT2D eigenvalue weighted by Crippen LogP contribution is -2.32. The van der Waals surface area contributed by atoms with Crippen molar-refractivity contribution in [1.29, 1.82) is 0 Å². The zero-order chi connectivity index (χ0) is 16.1. The highest BCUT2D eigenvalue weighted by Gasteiger charge is 2.31. The van der Waals surface area contributed by atoms with Gasteiger partial charge in [-0.1, -0.05) is 19.1 Å². The summed E-state index contributed by atoms with van der Waals surface area (Å²) in [5.74, 6) is -0.210. The third kappa shape index (κ3) is 6.35. The molecule has 0 saturated carbocycles. The van der Waals surface area contributed by atoms with Gasteiger partial charge in [-0.2, -0.15) is 0 Å². The summed E-state index contributed by atoms with van der Waals surface area (Å²) in [6.45, 7) is 6.53. The normalized spacial score (nSPS) is 14.0. The van der Waals surface area contributed by atoms with Gasteiger partial charge in [0.15, 0.2) is 0 Å². The van der Waals surface area contributed by atoms with Gasteiger partial charge in [-0.3, -0.25) is 0 Å². The number of hydrogen-bond acceptors (Lipinski definition) is 3. The van der Waals surface area contributed by atoms with Crippen molar-refractivity contribution in [1.82, 2.24) is 5.32 Å². The Bertz CT molecular complexity index is 447. The Morgan fingerprint density at radius 2 is 1.90 bits per heavy atom. The molecule has 0 amide bonds. The number of halogens is 3. The first-order chi connectivity index (χ1) is 9.67. The molecule has 6 heteroatoms. The van der Waals surface area contributed by atoms with Crippen molar-refractivity contribution in [2.75, 3.05) is 13.7 Å². The first-order valence-electron chi connectivity index (χ1n) is 6.81. The molecule has 21 heavy (non-hydrogen) atoms. The first kappa shape index (κ1) is 17.8. The number of methoxy groups -OCH3 is 1. The van der Waals surface area contributed by atoms with Crippen LogP contribution < -0.4 is 10.1 Å². The molecule has 3 nitrogen and oxygen atoms in total. The van der Waals surface area contributed by atoms with E-state index < -0.39 is 6.36 Å². The largest absolute Gasteiger partial charge is 0.573 e. The molecule has 1 atom stereocenters. The number of alkyl halides is 3. The molecule has 0 saturated heterocycles. The molecule has 1 rings (SSSR count). The first-order valence-corrected chi connectivity index (χ1v) is 6.81. The minimum absolute atomic E-state index is 0.110. The third-order valence-electron chi connectivity index (χ3n) is 3.19. The van der Waals surface area contributed by atoms with E-state index >= 15 is 0 Å². The highest BCUT2D eigenvalue weighted by Crippen LogP contribution is 2.30. The second-order valence-electron chi connectivity index (χ2n) is 5.40. The molecule has 120 valence electrons. The smallest absolute Gasteiger partial charge is 0.406 e. The lowest BCUT2D eigenvalue weighted by Gasteiger charge is -2.29. The van der Waals surface area contributed by atoms with Crippen LogP contribution in [-0.4, -0.2) is 25.6 Å². The molecule has 0 radical (unpaired) electrons. The van der Waals surface area contributed by atoms with Crippen molar-refractivity contribution < 1.29 is 22.6 Å². The van der Waals surface area contributed by atoms with Crippen LogP contribution in [0.3, 0.4) is 0 Å². The summed E-state index contributed by atoms with van der Waals surface area (Å²) in [7, 11) is 1.62. The summed E-state index contributed by atoms with van der Waals surface area (Å²) in [6.07, 6.45) is -4.05. The zero-order valence-corrected chi connectivity index (χ0v) is 12.8. The maximum atomic E-state index is 12.3. The van der Waals surface area contributed by atoms with E-state index in [-0.39, 0.29) is 17.4 Å². The lowest BCUT2D eigenvalue weighted by atomic mass is 9.93. The Morgan fingerprint density at radius 1 is 1.24 bits per heavy atom. The van der Waals surface area contributed by atoms with E-state index in [2.05, 4.69) is 10.1 Å². The van der Waals surface area contributed by atoms with Gasteiger partial charge in [-0.25, -0.2) is 0 Å². The fourth-order valence-corrected chi connectivity index (χ4v) is 2.06. The molecule has 1 N–H and O–H groups in total. The number of hydrogen-bond donors (Lipinski definition) is 1. The SMILES string of the molecule is CCNC(CC(C)(C)OC)c1cccc(OC(F)(F)F)c1. The fraction of sp³-hybridized carbons (Fsp3) is 0.600. The Morgan fingerprint density at radius 3 is 2.43 bits per heavy atom. The molecule has 0 heterocycles. The molecular formula is C15H22F3NO2. The van der Waals surface area contributed by atoms with Gasteiger partial charge >= 0.3 is 6.36 Å². The molecule has 1 aromatic rings. The van der Waals surface area contributed by atoms with Gasteiger partial charge in [-0.05, 0) is 44.5 Å². The average Bonchev–Trinajstić information content (AvgIpc) is 2.36. The van der Waals surface area contributed by atoms with Gasteiger partial charge in [0.1, 0.15) is 5.75 Å². The standard InChI is InChI=1S/C15H22F3NO2/c1-5-19-13(10-14(2,3)20-4)11-7-6-8-12(9-11)21-15(16,17)18/h6-9,13,19H,5,10H2,1-4H3. The van der Waals surface area contributed by atoms with E-state index in [1.807, 2.05) is 20.8 Å². The van der Waals surface area contributed by atoms with E-state index in [0.717, 1.165) is 5.56 Å². The van der Waals surface area contributed by atoms with Crippen molar-refractivity contribution in [2.45, 2.75) is 45.2 Å². The van der Waals surface area contributed by atoms with E-state index in [1.165, 1.54) is 12.1 Å². The van der Waals surface area contributed by atoms with Crippen LogP contribution >= 0.6 is 0 Å². The Hall–Kier alpha value is -1.27. The number of rotatable bonds is 7. The Kier molecular flexibility index (Phi) is 6.04. The van der Waals surface area contributed by atoms with Gasteiger partial charge in [0.05, 0.1) is 5.60 Å². The Balaban J connectivity index is 2.95. The number of benzene rings is 1. The quantitative estimate of drug-likeness (QED) is 0.824. The lowest BCUT2D eigenvalue weighted by molar-refractivity contribution is -0.274. The molecule has 0 bridgehead atoms. The summed E-state index contributed by atoms with van der Waals surface area (Å²) in [4.78, 5) is 0. The van der Waals surface area contributed by atoms with Crippen LogP contribution in [0.5, 0.6) is 5.75 Å². The van der Waals surface area contributed by atoms with Gasteiger partial charge < -0.3 is 14.8 Å². The van der Waals surface area contributed by atoms with Crippen LogP contribution in [0.15, 0.2) is 24.3 Å². The zero-order valence-electron chi connectivity index (χ0n) is 12.8. The molecule has 1 aromatic carbocycles. The minimum Gasteiger partial charge on any atom is -0.406 e. The highest BCUT2D eigenvalue weighted by molar-refractivity contribution is 5.31. The van der Waals surface area contributed by atoms with Gasteiger partial charge in [0.2, 0.25) is 0 Å². The van der Waals surface area contributed by atoms with Gasteiger partial charge in [0, 0.05) is 13.2 Å². The topological polar surface area (TPSA) is 30.5 Å². The summed E-state index contributed by atoms with van der Waals surface area (Å²) >= 11 is 0. The predicted octanol–water partition coefficient (Wildman–Crippen LogP) is 4.05. The summed E-state index contributed by atoms with van der Waals surface area (Å²) in [5, 5.41) is 3.26. The van der Waals surface area contributed by atoms with Crippen LogP contribution in [0.4, 0.5) is 13.2 Å². The molecule has 0 aliphatic rings. The van der Waals surface area contributed by atoms with Gasteiger partial charge in [0.25, 0.3) is 0 Å². The summed E-state index contributed by atoms with van der Waals surface area (Å²) in [6, 6.07) is 5.93. The van der Waals surface area contributed by atoms with Crippen LogP contribution in [0.25, 0.3) is 0 Å². The second-order valence-corrected chi connectivity index (χ2v) is 5.40. The second kappa shape index (κ2) is 7.13. The molecule has 0 aromatic heterocycles. The van der Waals surface area contributed by atoms with E-state index in [9.17, 15) is 13.2 Å². The molecular weight excluding hydrogens is 283 g/mol. The van der Waals surface area contributed by atoms with Crippen molar-refractivity contribution in [2.24, 2.45) is 0 Å². The maximum absolute atomic E-state index is 12.3. The summed E-state index contributed by atoms with van der Waals surface area (Å²) in [5.41, 5.74) is 0.358. The van der Waals surface area contributed by atoms with E-state index in [4.69, 9.17) is 4.74 Å². The highest BCUT2D eigenvalue weighted by atomic mass is 19.4. The minimum atomic E-state index is -4.68.